The molecule has 0 saturated carbocycles. The van der Waals surface area contributed by atoms with Crippen LogP contribution in [0, 0.1) is 0 Å². The van der Waals surface area contributed by atoms with E-state index in [0.717, 1.165) is 5.56 Å². The zero-order chi connectivity index (χ0) is 13.5. The third kappa shape index (κ3) is 4.73. The Labute approximate surface area is 108 Å². The van der Waals surface area contributed by atoms with E-state index in [0.29, 0.717) is 0 Å². The smallest absolute Gasteiger partial charge is 0.409 e. The summed E-state index contributed by atoms with van der Waals surface area (Å²) in [7, 11) is 7.56. The molecule has 0 fully saturated rings. The van der Waals surface area contributed by atoms with Crippen LogP contribution in [0.3, 0.4) is 0 Å². The molecular weight excluding hydrogens is 230 g/mol. The molecule has 0 aliphatic heterocycles. The van der Waals surface area contributed by atoms with Crippen LogP contribution in [0.25, 0.3) is 0 Å². The number of carbonyl (C=O) groups is 1. The maximum absolute atomic E-state index is 11.6. The lowest BCUT2D eigenvalue weighted by molar-refractivity contribution is 0.0729. The fourth-order valence-electron chi connectivity index (χ4n) is 1.59. The van der Waals surface area contributed by atoms with Crippen molar-refractivity contribution in [2.24, 2.45) is 0 Å². The van der Waals surface area contributed by atoms with Crippen LogP contribution >= 0.6 is 0 Å². The first-order valence-corrected chi connectivity index (χ1v) is 5.81. The minimum Gasteiger partial charge on any atom is -0.445 e. The minimum atomic E-state index is -0.425. The quantitative estimate of drug-likeness (QED) is 0.802. The number of nitrogens with one attached hydrogen (secondary N) is 1. The number of amides is 1. The molecule has 5 nitrogen and oxygen atoms in total. The Bertz CT molecular complexity index is 358. The molecule has 0 aliphatic carbocycles. The Morgan fingerprint density at radius 2 is 1.72 bits per heavy atom. The second-order valence-electron chi connectivity index (χ2n) is 4.51. The summed E-state index contributed by atoms with van der Waals surface area (Å²) < 4.78 is 5.16. The van der Waals surface area contributed by atoms with Gasteiger partial charge in [0.15, 0.2) is 0 Å². The van der Waals surface area contributed by atoms with Gasteiger partial charge < -0.3 is 4.74 Å². The molecule has 0 atom stereocenters. The van der Waals surface area contributed by atoms with Gasteiger partial charge in [-0.05, 0) is 33.8 Å². The van der Waals surface area contributed by atoms with Crippen molar-refractivity contribution in [3.8, 4) is 0 Å². The zero-order valence-electron chi connectivity index (χ0n) is 11.4. The highest BCUT2D eigenvalue weighted by Crippen LogP contribution is 2.01. The highest BCUT2D eigenvalue weighted by molar-refractivity contribution is 5.67. The lowest BCUT2D eigenvalue weighted by Gasteiger charge is -2.30. The summed E-state index contributed by atoms with van der Waals surface area (Å²) in [5.74, 6) is 0. The molecule has 100 valence electrons. The molecule has 0 heterocycles. The van der Waals surface area contributed by atoms with E-state index >= 15 is 0 Å². The van der Waals surface area contributed by atoms with Gasteiger partial charge in [-0.15, -0.1) is 0 Å². The molecule has 0 radical (unpaired) electrons. The number of benzene rings is 1. The summed E-state index contributed by atoms with van der Waals surface area (Å²) in [6.07, 6.45) is -0.612. The van der Waals surface area contributed by atoms with Gasteiger partial charge in [-0.2, -0.15) is 0 Å². The van der Waals surface area contributed by atoms with Gasteiger partial charge in [0, 0.05) is 0 Å². The number of ether oxygens (including phenoxy) is 1. The summed E-state index contributed by atoms with van der Waals surface area (Å²) in [5.41, 5.74) is 0.971. The number of nitrogens with zero attached hydrogens (tertiary/aromatic N) is 2. The molecule has 1 rings (SSSR count). The monoisotopic (exact) mass is 251 g/mol. The molecule has 0 saturated heterocycles. The third-order valence-corrected chi connectivity index (χ3v) is 2.44. The number of alkyl carbamates (subject to hydrolysis) is 1. The molecule has 0 spiro atoms. The van der Waals surface area contributed by atoms with Crippen LogP contribution in [0.4, 0.5) is 4.79 Å². The van der Waals surface area contributed by atoms with E-state index in [1.807, 2.05) is 68.3 Å². The normalized spacial score (nSPS) is 11.1. The lowest BCUT2D eigenvalue weighted by Crippen LogP contribution is -2.53. The van der Waals surface area contributed by atoms with Gasteiger partial charge >= 0.3 is 6.09 Å². The van der Waals surface area contributed by atoms with E-state index in [1.165, 1.54) is 0 Å². The summed E-state index contributed by atoms with van der Waals surface area (Å²) in [4.78, 5) is 15.4. The SMILES string of the molecule is CN(C)C(NC(=O)OCc1ccccc1)N(C)C. The fourth-order valence-corrected chi connectivity index (χ4v) is 1.59. The fraction of sp³-hybridized carbons (Fsp3) is 0.462. The van der Waals surface area contributed by atoms with E-state index in [1.54, 1.807) is 0 Å². The van der Waals surface area contributed by atoms with Gasteiger partial charge in [0.25, 0.3) is 0 Å². The Hall–Kier alpha value is -1.59. The van der Waals surface area contributed by atoms with Crippen LogP contribution in [-0.2, 0) is 11.3 Å². The van der Waals surface area contributed by atoms with E-state index in [-0.39, 0.29) is 12.9 Å². The summed E-state index contributed by atoms with van der Waals surface area (Å²) in [6.45, 7) is 0.278. The Morgan fingerprint density at radius 1 is 1.17 bits per heavy atom. The van der Waals surface area contributed by atoms with Crippen molar-refractivity contribution in [3.05, 3.63) is 35.9 Å². The van der Waals surface area contributed by atoms with Crippen molar-refractivity contribution in [1.29, 1.82) is 0 Å². The number of hydrogen-bond acceptors (Lipinski definition) is 4. The molecule has 0 aromatic heterocycles. The summed E-state index contributed by atoms with van der Waals surface area (Å²) >= 11 is 0. The molecule has 1 amide bonds. The first kappa shape index (κ1) is 14.5. The average Bonchev–Trinajstić information content (AvgIpc) is 2.34. The van der Waals surface area contributed by atoms with Crippen LogP contribution in [0.1, 0.15) is 5.56 Å². The van der Waals surface area contributed by atoms with Crippen LogP contribution in [-0.4, -0.2) is 50.4 Å². The Morgan fingerprint density at radius 3 is 2.22 bits per heavy atom. The van der Waals surface area contributed by atoms with Crippen molar-refractivity contribution in [3.63, 3.8) is 0 Å². The van der Waals surface area contributed by atoms with Crippen molar-refractivity contribution >= 4 is 6.09 Å². The molecule has 0 unspecified atom stereocenters. The first-order chi connectivity index (χ1) is 8.50. The van der Waals surface area contributed by atoms with E-state index in [2.05, 4.69) is 5.32 Å². The van der Waals surface area contributed by atoms with Gasteiger partial charge in [0.1, 0.15) is 12.9 Å². The minimum absolute atomic E-state index is 0.187. The van der Waals surface area contributed by atoms with Crippen molar-refractivity contribution in [2.75, 3.05) is 28.2 Å². The summed E-state index contributed by atoms with van der Waals surface area (Å²) in [5, 5.41) is 2.78. The van der Waals surface area contributed by atoms with Gasteiger partial charge in [0.05, 0.1) is 0 Å². The standard InChI is InChI=1S/C13H21N3O2/c1-15(2)12(16(3)4)14-13(17)18-10-11-8-6-5-7-9-11/h5-9,12H,10H2,1-4H3,(H,14,17). The van der Waals surface area contributed by atoms with E-state index in [4.69, 9.17) is 4.74 Å². The third-order valence-electron chi connectivity index (χ3n) is 2.44. The Balaban J connectivity index is 2.41. The molecule has 0 aliphatic rings. The zero-order valence-corrected chi connectivity index (χ0v) is 11.4. The molecule has 1 N–H and O–H groups in total. The predicted octanol–water partition coefficient (Wildman–Crippen LogP) is 1.32. The topological polar surface area (TPSA) is 44.8 Å². The molecule has 0 bridgehead atoms. The number of rotatable bonds is 5. The van der Waals surface area contributed by atoms with Gasteiger partial charge in [-0.1, -0.05) is 30.3 Å². The molecule has 18 heavy (non-hydrogen) atoms. The number of hydrogen-bond donors (Lipinski definition) is 1. The van der Waals surface area contributed by atoms with Gasteiger partial charge in [-0.3, -0.25) is 15.1 Å². The Kier molecular flexibility index (Phi) is 5.61. The van der Waals surface area contributed by atoms with Crippen LogP contribution in [0.2, 0.25) is 0 Å². The second kappa shape index (κ2) is 6.98. The maximum atomic E-state index is 11.6. The summed E-state index contributed by atoms with van der Waals surface area (Å²) in [6, 6.07) is 9.60. The van der Waals surface area contributed by atoms with Crippen molar-refractivity contribution in [2.45, 2.75) is 12.9 Å². The highest BCUT2D eigenvalue weighted by atomic mass is 16.5. The average molecular weight is 251 g/mol. The molecule has 5 heteroatoms. The molecular formula is C13H21N3O2. The van der Waals surface area contributed by atoms with Crippen molar-refractivity contribution < 1.29 is 9.53 Å². The van der Waals surface area contributed by atoms with Crippen molar-refractivity contribution in [1.82, 2.24) is 15.1 Å². The van der Waals surface area contributed by atoms with Crippen LogP contribution in [0.5, 0.6) is 0 Å². The van der Waals surface area contributed by atoms with Crippen LogP contribution < -0.4 is 5.32 Å². The van der Waals surface area contributed by atoms with E-state index < -0.39 is 6.09 Å². The number of carbonyl (C=O) groups excluding carboxylic acids is 1. The van der Waals surface area contributed by atoms with Gasteiger partial charge in [-0.25, -0.2) is 4.79 Å². The molecule has 1 aromatic carbocycles. The second-order valence-corrected chi connectivity index (χ2v) is 4.51. The van der Waals surface area contributed by atoms with E-state index in [9.17, 15) is 4.79 Å². The maximum Gasteiger partial charge on any atom is 0.409 e. The lowest BCUT2D eigenvalue weighted by atomic mass is 10.2. The molecule has 1 aromatic rings. The van der Waals surface area contributed by atoms with Crippen LogP contribution in [0.15, 0.2) is 30.3 Å². The first-order valence-electron chi connectivity index (χ1n) is 5.81. The largest absolute Gasteiger partial charge is 0.445 e. The highest BCUT2D eigenvalue weighted by Gasteiger charge is 2.16. The predicted molar refractivity (Wildman–Crippen MR) is 70.9 cm³/mol. The van der Waals surface area contributed by atoms with Gasteiger partial charge in [0.2, 0.25) is 0 Å².